The number of carbonyl (C=O) groups excluding carboxylic acids is 1. The molecule has 0 saturated carbocycles. The number of rotatable bonds is 4. The Labute approximate surface area is 116 Å². The first kappa shape index (κ1) is 13.9. The predicted octanol–water partition coefficient (Wildman–Crippen LogP) is 0.615. The lowest BCUT2D eigenvalue weighted by atomic mass is 10.2. The molecule has 0 unspecified atom stereocenters. The summed E-state index contributed by atoms with van der Waals surface area (Å²) in [6.07, 6.45) is 4.24. The van der Waals surface area contributed by atoms with Crippen LogP contribution in [-0.4, -0.2) is 25.7 Å². The molecule has 0 aliphatic carbocycles. The monoisotopic (exact) mass is 293 g/mol. The molecular weight excluding hydrogens is 282 g/mol. The maximum Gasteiger partial charge on any atom is 0.310 e. The van der Waals surface area contributed by atoms with E-state index in [0.717, 1.165) is 6.08 Å². The molecule has 0 amide bonds. The normalized spacial score (nSPS) is 11.1. The zero-order valence-electron chi connectivity index (χ0n) is 10.5. The van der Waals surface area contributed by atoms with Crippen molar-refractivity contribution in [2.45, 2.75) is 13.5 Å². The number of nitrogens with zero attached hydrogens (tertiary/aromatic N) is 2. The van der Waals surface area contributed by atoms with Crippen LogP contribution in [0.4, 0.5) is 0 Å². The van der Waals surface area contributed by atoms with Gasteiger partial charge in [-0.05, 0) is 36.5 Å². The van der Waals surface area contributed by atoms with Crippen LogP contribution in [0.25, 0.3) is 6.08 Å². The minimum atomic E-state index is -0.898. The van der Waals surface area contributed by atoms with E-state index in [0.29, 0.717) is 23.6 Å². The molecule has 0 bridgehead atoms. The number of aromatic amines is 1. The molecule has 0 aliphatic rings. The van der Waals surface area contributed by atoms with E-state index in [9.17, 15) is 19.5 Å². The van der Waals surface area contributed by atoms with Crippen LogP contribution >= 0.6 is 11.3 Å². The summed E-state index contributed by atoms with van der Waals surface area (Å²) >= 11 is 0.404. The van der Waals surface area contributed by atoms with E-state index in [1.165, 1.54) is 6.08 Å². The van der Waals surface area contributed by atoms with Gasteiger partial charge < -0.3 is 5.11 Å². The molecular formula is C12H11N3O4S. The van der Waals surface area contributed by atoms with Gasteiger partial charge in [-0.15, -0.1) is 0 Å². The Balaban J connectivity index is 2.34. The van der Waals surface area contributed by atoms with E-state index >= 15 is 0 Å². The highest BCUT2D eigenvalue weighted by atomic mass is 32.1. The number of hydrogen-bond acceptors (Lipinski definition) is 6. The Morgan fingerprint density at radius 3 is 2.95 bits per heavy atom. The van der Waals surface area contributed by atoms with Gasteiger partial charge in [0.15, 0.2) is 10.8 Å². The number of ketones is 1. The second-order valence-electron chi connectivity index (χ2n) is 3.79. The Hall–Kier alpha value is -2.48. The topological polar surface area (TPSA) is 105 Å². The van der Waals surface area contributed by atoms with Crippen molar-refractivity contribution < 1.29 is 9.90 Å². The van der Waals surface area contributed by atoms with Crippen molar-refractivity contribution in [1.29, 1.82) is 0 Å². The van der Waals surface area contributed by atoms with Crippen molar-refractivity contribution in [3.63, 3.8) is 0 Å². The van der Waals surface area contributed by atoms with E-state index in [1.807, 2.05) is 11.9 Å². The molecule has 0 fully saturated rings. The van der Waals surface area contributed by atoms with Gasteiger partial charge in [0.2, 0.25) is 0 Å². The van der Waals surface area contributed by atoms with Gasteiger partial charge in [-0.2, -0.15) is 5.10 Å². The Morgan fingerprint density at radius 1 is 1.55 bits per heavy atom. The van der Waals surface area contributed by atoms with Crippen LogP contribution in [0.15, 0.2) is 27.9 Å². The summed E-state index contributed by atoms with van der Waals surface area (Å²) in [7, 11) is 0. The first-order valence-corrected chi connectivity index (χ1v) is 6.55. The molecule has 7 nitrogen and oxygen atoms in total. The molecule has 20 heavy (non-hydrogen) atoms. The maximum atomic E-state index is 11.9. The van der Waals surface area contributed by atoms with Gasteiger partial charge in [-0.1, -0.05) is 0 Å². The van der Waals surface area contributed by atoms with Gasteiger partial charge in [-0.3, -0.25) is 24.0 Å². The van der Waals surface area contributed by atoms with Crippen LogP contribution in [0, 0.1) is 0 Å². The molecule has 0 atom stereocenters. The fourth-order valence-electron chi connectivity index (χ4n) is 1.63. The first-order chi connectivity index (χ1) is 9.52. The molecule has 8 heteroatoms. The van der Waals surface area contributed by atoms with E-state index in [4.69, 9.17) is 0 Å². The second-order valence-corrected chi connectivity index (χ2v) is 4.75. The van der Waals surface area contributed by atoms with Gasteiger partial charge in [-0.25, -0.2) is 0 Å². The summed E-state index contributed by atoms with van der Waals surface area (Å²) in [6.45, 7) is 2.54. The van der Waals surface area contributed by atoms with Crippen LogP contribution in [-0.2, 0) is 6.54 Å². The van der Waals surface area contributed by atoms with Gasteiger partial charge >= 0.3 is 4.87 Å². The number of aryl methyl sites for hydroxylation is 1. The zero-order chi connectivity index (χ0) is 14.7. The molecule has 2 heterocycles. The van der Waals surface area contributed by atoms with Gasteiger partial charge in [0.25, 0.3) is 5.56 Å². The number of aromatic nitrogens is 3. The van der Waals surface area contributed by atoms with Crippen molar-refractivity contribution in [3.05, 3.63) is 49.6 Å². The molecule has 0 spiro atoms. The van der Waals surface area contributed by atoms with Gasteiger partial charge in [0, 0.05) is 12.7 Å². The maximum absolute atomic E-state index is 11.9. The predicted molar refractivity (Wildman–Crippen MR) is 74.1 cm³/mol. The Kier molecular flexibility index (Phi) is 3.94. The summed E-state index contributed by atoms with van der Waals surface area (Å²) < 4.78 is 1.66. The molecule has 0 radical (unpaired) electrons. The number of H-pyrrole nitrogens is 1. The quantitative estimate of drug-likeness (QED) is 0.635. The SMILES string of the molecule is CCn1nccc1/C=C/C(=O)c1c(O)sc(=O)[nH]c1=O. The minimum Gasteiger partial charge on any atom is -0.499 e. The molecule has 0 aromatic carbocycles. The summed E-state index contributed by atoms with van der Waals surface area (Å²) in [5.41, 5.74) is -0.640. The van der Waals surface area contributed by atoms with Crippen LogP contribution in [0.2, 0.25) is 0 Å². The molecule has 0 aliphatic heterocycles. The molecule has 104 valence electrons. The third kappa shape index (κ3) is 2.75. The van der Waals surface area contributed by atoms with Gasteiger partial charge in [0.05, 0.1) is 5.69 Å². The molecule has 2 aromatic rings. The van der Waals surface area contributed by atoms with Crippen LogP contribution in [0.1, 0.15) is 23.0 Å². The fourth-order valence-corrected chi connectivity index (χ4v) is 2.24. The standard InChI is InChI=1S/C12H11N3O4S/c1-2-15-7(5-6-13-15)3-4-8(16)9-10(17)14-12(19)20-11(9)18/h3-6,18H,2H2,1H3,(H,14,17,19)/b4-3+. The average Bonchev–Trinajstić information content (AvgIpc) is 2.82. The first-order valence-electron chi connectivity index (χ1n) is 5.73. The number of carbonyl (C=O) groups is 1. The van der Waals surface area contributed by atoms with Crippen molar-refractivity contribution in [1.82, 2.24) is 14.8 Å². The van der Waals surface area contributed by atoms with Crippen molar-refractivity contribution in [2.75, 3.05) is 0 Å². The van der Waals surface area contributed by atoms with Crippen molar-refractivity contribution >= 4 is 23.2 Å². The van der Waals surface area contributed by atoms with Crippen molar-refractivity contribution in [2.24, 2.45) is 0 Å². The van der Waals surface area contributed by atoms with Crippen LogP contribution in [0.3, 0.4) is 0 Å². The molecule has 2 rings (SSSR count). The highest BCUT2D eigenvalue weighted by Gasteiger charge is 2.15. The van der Waals surface area contributed by atoms with E-state index in [1.54, 1.807) is 16.9 Å². The van der Waals surface area contributed by atoms with E-state index in [-0.39, 0.29) is 0 Å². The third-order valence-electron chi connectivity index (χ3n) is 2.55. The second kappa shape index (κ2) is 5.66. The lowest BCUT2D eigenvalue weighted by Gasteiger charge is -1.99. The largest absolute Gasteiger partial charge is 0.499 e. The molecule has 2 aromatic heterocycles. The van der Waals surface area contributed by atoms with E-state index in [2.05, 4.69) is 5.10 Å². The number of allylic oxidation sites excluding steroid dienone is 1. The van der Waals surface area contributed by atoms with Gasteiger partial charge in [0.1, 0.15) is 5.56 Å². The molecule has 0 saturated heterocycles. The minimum absolute atomic E-state index is 0.404. The highest BCUT2D eigenvalue weighted by molar-refractivity contribution is 7.11. The zero-order valence-corrected chi connectivity index (χ0v) is 11.3. The lowest BCUT2D eigenvalue weighted by molar-refractivity contribution is 0.104. The third-order valence-corrected chi connectivity index (χ3v) is 3.23. The number of hydrogen-bond donors (Lipinski definition) is 2. The summed E-state index contributed by atoms with van der Waals surface area (Å²) in [5.74, 6) is -0.677. The number of aromatic hydroxyl groups is 1. The fraction of sp³-hybridized carbons (Fsp3) is 0.167. The Bertz CT molecular complexity index is 784. The summed E-state index contributed by atoms with van der Waals surface area (Å²) in [5, 5.41) is 13.0. The van der Waals surface area contributed by atoms with Crippen LogP contribution < -0.4 is 10.4 Å². The summed E-state index contributed by atoms with van der Waals surface area (Å²) in [4.78, 5) is 35.6. The van der Waals surface area contributed by atoms with Crippen LogP contribution in [0.5, 0.6) is 5.06 Å². The summed E-state index contributed by atoms with van der Waals surface area (Å²) in [6, 6.07) is 1.71. The average molecular weight is 293 g/mol. The van der Waals surface area contributed by atoms with Crippen molar-refractivity contribution in [3.8, 4) is 5.06 Å². The Morgan fingerprint density at radius 2 is 2.30 bits per heavy atom. The highest BCUT2D eigenvalue weighted by Crippen LogP contribution is 2.15. The molecule has 2 N–H and O–H groups in total. The van der Waals surface area contributed by atoms with E-state index < -0.39 is 26.8 Å². The smallest absolute Gasteiger partial charge is 0.310 e. The lowest BCUT2D eigenvalue weighted by Crippen LogP contribution is -2.22. The number of nitrogens with one attached hydrogen (secondary N) is 1.